The van der Waals surface area contributed by atoms with Crippen LogP contribution in [0.5, 0.6) is 0 Å². The van der Waals surface area contributed by atoms with Crippen molar-refractivity contribution in [3.05, 3.63) is 35.6 Å². The zero-order valence-electron chi connectivity index (χ0n) is 11.8. The monoisotopic (exact) mass is 253 g/mol. The Hall–Kier alpha value is -0.930. The molecule has 0 aliphatic heterocycles. The molecule has 2 unspecified atom stereocenters. The van der Waals surface area contributed by atoms with Crippen molar-refractivity contribution in [3.63, 3.8) is 0 Å². The van der Waals surface area contributed by atoms with E-state index in [1.807, 2.05) is 13.8 Å². The fraction of sp³-hybridized carbons (Fsp3) is 0.600. The molecule has 0 fully saturated rings. The molecule has 0 radical (unpaired) electrons. The van der Waals surface area contributed by atoms with E-state index < -0.39 is 11.6 Å². The molecule has 1 N–H and O–H groups in total. The molecule has 0 saturated heterocycles. The molecule has 2 atom stereocenters. The van der Waals surface area contributed by atoms with E-state index >= 15 is 0 Å². The molecule has 1 aromatic rings. The lowest BCUT2D eigenvalue weighted by molar-refractivity contribution is -0.0230. The van der Waals surface area contributed by atoms with Gasteiger partial charge in [-0.15, -0.1) is 0 Å². The third-order valence-corrected chi connectivity index (χ3v) is 3.99. The topological polar surface area (TPSA) is 23.5 Å². The van der Waals surface area contributed by atoms with E-state index in [2.05, 4.69) is 18.7 Å². The fourth-order valence-electron chi connectivity index (χ4n) is 2.57. The van der Waals surface area contributed by atoms with Crippen molar-refractivity contribution >= 4 is 0 Å². The zero-order chi connectivity index (χ0) is 13.8. The zero-order valence-corrected chi connectivity index (χ0v) is 11.8. The molecule has 0 spiro atoms. The van der Waals surface area contributed by atoms with Gasteiger partial charge in [-0.1, -0.05) is 39.0 Å². The lowest BCUT2D eigenvalue weighted by Gasteiger charge is -2.43. The highest BCUT2D eigenvalue weighted by molar-refractivity contribution is 5.23. The fourth-order valence-corrected chi connectivity index (χ4v) is 2.57. The molecular formula is C15H24FNO. The standard InChI is InChI=1S/C15H24FNO/c1-5-15(4,17(6-2)7-3)14(18)12-10-8-9-11-13(12)16/h8-11,14,18H,5-7H2,1-4H3. The molecule has 3 heteroatoms. The van der Waals surface area contributed by atoms with Crippen LogP contribution in [0.1, 0.15) is 45.8 Å². The Balaban J connectivity index is 3.12. The van der Waals surface area contributed by atoms with Gasteiger partial charge in [0, 0.05) is 11.1 Å². The summed E-state index contributed by atoms with van der Waals surface area (Å²) in [6.07, 6.45) is -0.0481. The number of hydrogen-bond acceptors (Lipinski definition) is 2. The Morgan fingerprint density at radius 1 is 1.22 bits per heavy atom. The van der Waals surface area contributed by atoms with Crippen molar-refractivity contribution in [2.24, 2.45) is 0 Å². The first-order valence-electron chi connectivity index (χ1n) is 6.68. The van der Waals surface area contributed by atoms with Gasteiger partial charge in [0.1, 0.15) is 5.82 Å². The van der Waals surface area contributed by atoms with Gasteiger partial charge >= 0.3 is 0 Å². The number of aliphatic hydroxyl groups excluding tert-OH is 1. The summed E-state index contributed by atoms with van der Waals surface area (Å²) in [4.78, 5) is 2.18. The second-order valence-electron chi connectivity index (χ2n) is 4.81. The van der Waals surface area contributed by atoms with Crippen LogP contribution in [-0.4, -0.2) is 28.6 Å². The van der Waals surface area contributed by atoms with Crippen LogP contribution in [0.3, 0.4) is 0 Å². The Labute approximate surface area is 109 Å². The van der Waals surface area contributed by atoms with Crippen LogP contribution >= 0.6 is 0 Å². The number of likely N-dealkylation sites (N-methyl/N-ethyl adjacent to an activating group) is 1. The predicted molar refractivity (Wildman–Crippen MR) is 73.0 cm³/mol. The average Bonchev–Trinajstić information content (AvgIpc) is 2.39. The molecule has 1 rings (SSSR count). The summed E-state index contributed by atoms with van der Waals surface area (Å²) < 4.78 is 13.8. The highest BCUT2D eigenvalue weighted by Gasteiger charge is 2.37. The Morgan fingerprint density at radius 2 is 1.78 bits per heavy atom. The van der Waals surface area contributed by atoms with Gasteiger partial charge in [-0.25, -0.2) is 4.39 Å². The van der Waals surface area contributed by atoms with Gasteiger partial charge in [-0.05, 0) is 32.5 Å². The molecule has 1 aromatic carbocycles. The first-order valence-corrected chi connectivity index (χ1v) is 6.68. The summed E-state index contributed by atoms with van der Waals surface area (Å²) in [6.45, 7) is 9.83. The number of halogens is 1. The smallest absolute Gasteiger partial charge is 0.129 e. The molecule has 0 bridgehead atoms. The van der Waals surface area contributed by atoms with Gasteiger partial charge in [0.15, 0.2) is 0 Å². The first kappa shape index (κ1) is 15.1. The van der Waals surface area contributed by atoms with Crippen LogP contribution in [-0.2, 0) is 0 Å². The molecule has 0 amide bonds. The number of hydrogen-bond donors (Lipinski definition) is 1. The quantitative estimate of drug-likeness (QED) is 0.840. The first-order chi connectivity index (χ1) is 8.51. The molecule has 0 aromatic heterocycles. The van der Waals surface area contributed by atoms with Crippen molar-refractivity contribution in [3.8, 4) is 0 Å². The Morgan fingerprint density at radius 3 is 2.22 bits per heavy atom. The Bertz CT molecular complexity index is 379. The van der Waals surface area contributed by atoms with E-state index in [1.165, 1.54) is 6.07 Å². The number of nitrogens with zero attached hydrogens (tertiary/aromatic N) is 1. The third-order valence-electron chi connectivity index (χ3n) is 3.99. The van der Waals surface area contributed by atoms with Crippen LogP contribution in [0.4, 0.5) is 4.39 Å². The van der Waals surface area contributed by atoms with E-state index in [1.54, 1.807) is 18.2 Å². The molecule has 0 saturated carbocycles. The summed E-state index contributed by atoms with van der Waals surface area (Å²) in [6, 6.07) is 6.47. The SMILES string of the molecule is CCN(CC)C(C)(CC)C(O)c1ccccc1F. The average molecular weight is 253 g/mol. The van der Waals surface area contributed by atoms with E-state index in [0.29, 0.717) is 5.56 Å². The van der Waals surface area contributed by atoms with Gasteiger partial charge in [0.05, 0.1) is 6.10 Å². The van der Waals surface area contributed by atoms with Crippen LogP contribution < -0.4 is 0 Å². The van der Waals surface area contributed by atoms with E-state index in [4.69, 9.17) is 0 Å². The number of rotatable bonds is 6. The maximum atomic E-state index is 13.8. The van der Waals surface area contributed by atoms with Crippen LogP contribution in [0.25, 0.3) is 0 Å². The molecule has 0 heterocycles. The highest BCUT2D eigenvalue weighted by Crippen LogP contribution is 2.35. The minimum Gasteiger partial charge on any atom is -0.386 e. The van der Waals surface area contributed by atoms with Crippen LogP contribution in [0.15, 0.2) is 24.3 Å². The summed E-state index contributed by atoms with van der Waals surface area (Å²) in [5, 5.41) is 10.6. The normalized spacial score (nSPS) is 16.6. The van der Waals surface area contributed by atoms with E-state index in [0.717, 1.165) is 19.5 Å². The molecule has 0 aliphatic carbocycles. The maximum Gasteiger partial charge on any atom is 0.129 e. The van der Waals surface area contributed by atoms with Crippen molar-refractivity contribution in [2.45, 2.75) is 45.8 Å². The molecule has 18 heavy (non-hydrogen) atoms. The summed E-state index contributed by atoms with van der Waals surface area (Å²) in [5.41, 5.74) is -0.0557. The van der Waals surface area contributed by atoms with Crippen molar-refractivity contribution < 1.29 is 9.50 Å². The molecule has 0 aliphatic rings. The van der Waals surface area contributed by atoms with Gasteiger partial charge < -0.3 is 5.11 Å². The summed E-state index contributed by atoms with van der Waals surface area (Å²) in [7, 11) is 0. The van der Waals surface area contributed by atoms with Gasteiger partial charge in [0.2, 0.25) is 0 Å². The maximum absolute atomic E-state index is 13.8. The third kappa shape index (κ3) is 2.73. The molecular weight excluding hydrogens is 229 g/mol. The minimum absolute atomic E-state index is 0.336. The second kappa shape index (κ2) is 6.30. The van der Waals surface area contributed by atoms with E-state index in [9.17, 15) is 9.50 Å². The minimum atomic E-state index is -0.816. The van der Waals surface area contributed by atoms with Crippen LogP contribution in [0, 0.1) is 5.82 Å². The van der Waals surface area contributed by atoms with Gasteiger partial charge in [0.25, 0.3) is 0 Å². The second-order valence-corrected chi connectivity index (χ2v) is 4.81. The lowest BCUT2D eigenvalue weighted by Crippen LogP contribution is -2.50. The largest absolute Gasteiger partial charge is 0.386 e. The predicted octanol–water partition coefficient (Wildman–Crippen LogP) is 3.37. The molecule has 2 nitrogen and oxygen atoms in total. The van der Waals surface area contributed by atoms with E-state index in [-0.39, 0.29) is 5.82 Å². The van der Waals surface area contributed by atoms with Crippen molar-refractivity contribution in [2.75, 3.05) is 13.1 Å². The highest BCUT2D eigenvalue weighted by atomic mass is 19.1. The lowest BCUT2D eigenvalue weighted by atomic mass is 9.85. The van der Waals surface area contributed by atoms with Crippen molar-refractivity contribution in [1.82, 2.24) is 4.90 Å². The molecule has 102 valence electrons. The summed E-state index contributed by atoms with van der Waals surface area (Å²) in [5.74, 6) is -0.336. The van der Waals surface area contributed by atoms with Gasteiger partial charge in [-0.2, -0.15) is 0 Å². The number of benzene rings is 1. The van der Waals surface area contributed by atoms with Crippen LogP contribution in [0.2, 0.25) is 0 Å². The number of aliphatic hydroxyl groups is 1. The summed E-state index contributed by atoms with van der Waals surface area (Å²) >= 11 is 0. The Kier molecular flexibility index (Phi) is 5.29. The van der Waals surface area contributed by atoms with Gasteiger partial charge in [-0.3, -0.25) is 4.90 Å². The van der Waals surface area contributed by atoms with Crippen molar-refractivity contribution in [1.29, 1.82) is 0 Å².